The van der Waals surface area contributed by atoms with E-state index in [1.54, 1.807) is 0 Å². The van der Waals surface area contributed by atoms with Gasteiger partial charge in [-0.15, -0.1) is 0 Å². The number of aliphatic hydroxyl groups excluding tert-OH is 1. The van der Waals surface area contributed by atoms with Gasteiger partial charge in [0.15, 0.2) is 0 Å². The standard InChI is InChI=1S/C18H23NO2/c1-14-8-9-16(13-15(14)7-3-6-12-20)19-17(21)18(2)10-4-5-11-18/h8-9,13,20H,4-6,10-12H2,1-2H3,(H,19,21). The van der Waals surface area contributed by atoms with Crippen LogP contribution in [0.4, 0.5) is 5.69 Å². The first-order chi connectivity index (χ1) is 10.0. The highest BCUT2D eigenvalue weighted by atomic mass is 16.2. The summed E-state index contributed by atoms with van der Waals surface area (Å²) in [5.41, 5.74) is 2.54. The Morgan fingerprint density at radius 2 is 2.10 bits per heavy atom. The first-order valence-electron chi connectivity index (χ1n) is 7.57. The van der Waals surface area contributed by atoms with E-state index in [0.717, 1.165) is 42.5 Å². The lowest BCUT2D eigenvalue weighted by atomic mass is 9.88. The number of hydrogen-bond acceptors (Lipinski definition) is 2. The number of rotatable bonds is 3. The molecule has 0 bridgehead atoms. The average molecular weight is 285 g/mol. The molecule has 0 spiro atoms. The molecule has 0 heterocycles. The van der Waals surface area contributed by atoms with Gasteiger partial charge in [0.05, 0.1) is 6.61 Å². The van der Waals surface area contributed by atoms with Crippen molar-refractivity contribution < 1.29 is 9.90 Å². The van der Waals surface area contributed by atoms with E-state index in [9.17, 15) is 4.79 Å². The predicted octanol–water partition coefficient (Wildman–Crippen LogP) is 3.25. The number of hydrogen-bond donors (Lipinski definition) is 2. The van der Waals surface area contributed by atoms with Gasteiger partial charge in [0, 0.05) is 23.1 Å². The molecule has 1 aromatic rings. The van der Waals surface area contributed by atoms with E-state index in [2.05, 4.69) is 17.2 Å². The van der Waals surface area contributed by atoms with E-state index in [4.69, 9.17) is 5.11 Å². The topological polar surface area (TPSA) is 49.3 Å². The Morgan fingerprint density at radius 1 is 1.38 bits per heavy atom. The second-order valence-corrected chi connectivity index (χ2v) is 6.03. The smallest absolute Gasteiger partial charge is 0.230 e. The van der Waals surface area contributed by atoms with E-state index in [-0.39, 0.29) is 17.9 Å². The van der Waals surface area contributed by atoms with Crippen LogP contribution in [0, 0.1) is 24.2 Å². The molecule has 2 N–H and O–H groups in total. The molecule has 3 heteroatoms. The summed E-state index contributed by atoms with van der Waals surface area (Å²) in [5.74, 6) is 6.08. The Bertz CT molecular complexity index is 575. The summed E-state index contributed by atoms with van der Waals surface area (Å²) in [6, 6.07) is 5.80. The van der Waals surface area contributed by atoms with E-state index < -0.39 is 0 Å². The van der Waals surface area contributed by atoms with Crippen molar-refractivity contribution in [3.63, 3.8) is 0 Å². The lowest BCUT2D eigenvalue weighted by molar-refractivity contribution is -0.124. The lowest BCUT2D eigenvalue weighted by Crippen LogP contribution is -2.30. The summed E-state index contributed by atoms with van der Waals surface area (Å²) >= 11 is 0. The molecule has 2 rings (SSSR count). The summed E-state index contributed by atoms with van der Waals surface area (Å²) in [6.07, 6.45) is 4.67. The van der Waals surface area contributed by atoms with Crippen molar-refractivity contribution in [2.75, 3.05) is 11.9 Å². The number of carbonyl (C=O) groups excluding carboxylic acids is 1. The summed E-state index contributed by atoms with van der Waals surface area (Å²) < 4.78 is 0. The van der Waals surface area contributed by atoms with Gasteiger partial charge in [-0.05, 0) is 37.5 Å². The fourth-order valence-corrected chi connectivity index (χ4v) is 2.71. The normalized spacial score (nSPS) is 16.1. The molecule has 1 aliphatic carbocycles. The molecule has 0 radical (unpaired) electrons. The van der Waals surface area contributed by atoms with Crippen molar-refractivity contribution in [1.82, 2.24) is 0 Å². The summed E-state index contributed by atoms with van der Waals surface area (Å²) in [5, 5.41) is 11.8. The van der Waals surface area contributed by atoms with Crippen LogP contribution in [-0.2, 0) is 4.79 Å². The molecular formula is C18H23NO2. The molecule has 112 valence electrons. The van der Waals surface area contributed by atoms with Crippen LogP contribution in [0.1, 0.15) is 50.2 Å². The Hall–Kier alpha value is -1.79. The molecule has 0 saturated heterocycles. The van der Waals surface area contributed by atoms with Gasteiger partial charge in [0.1, 0.15) is 0 Å². The molecule has 1 aromatic carbocycles. The van der Waals surface area contributed by atoms with Gasteiger partial charge in [-0.2, -0.15) is 0 Å². The van der Waals surface area contributed by atoms with Gasteiger partial charge in [-0.1, -0.05) is 37.7 Å². The fourth-order valence-electron chi connectivity index (χ4n) is 2.71. The van der Waals surface area contributed by atoms with Crippen LogP contribution in [0.25, 0.3) is 0 Å². The molecule has 1 fully saturated rings. The fraction of sp³-hybridized carbons (Fsp3) is 0.500. The van der Waals surface area contributed by atoms with Crippen LogP contribution in [0.5, 0.6) is 0 Å². The zero-order valence-electron chi connectivity index (χ0n) is 12.8. The van der Waals surface area contributed by atoms with Crippen LogP contribution in [0.3, 0.4) is 0 Å². The third kappa shape index (κ3) is 3.86. The van der Waals surface area contributed by atoms with Gasteiger partial charge >= 0.3 is 0 Å². The Balaban J connectivity index is 2.12. The maximum Gasteiger partial charge on any atom is 0.230 e. The van der Waals surface area contributed by atoms with Gasteiger partial charge < -0.3 is 10.4 Å². The van der Waals surface area contributed by atoms with Crippen LogP contribution >= 0.6 is 0 Å². The third-order valence-corrected chi connectivity index (χ3v) is 4.21. The number of amides is 1. The van der Waals surface area contributed by atoms with E-state index in [1.165, 1.54) is 0 Å². The zero-order valence-corrected chi connectivity index (χ0v) is 12.8. The van der Waals surface area contributed by atoms with E-state index in [1.807, 2.05) is 32.0 Å². The maximum atomic E-state index is 12.4. The average Bonchev–Trinajstić information content (AvgIpc) is 2.91. The highest BCUT2D eigenvalue weighted by molar-refractivity contribution is 5.95. The number of aliphatic hydroxyl groups is 1. The predicted molar refractivity (Wildman–Crippen MR) is 85.0 cm³/mol. The number of nitrogens with one attached hydrogen (secondary N) is 1. The van der Waals surface area contributed by atoms with Gasteiger partial charge in [0.25, 0.3) is 0 Å². The number of carbonyl (C=O) groups is 1. The Kier molecular flexibility index (Phi) is 5.03. The monoisotopic (exact) mass is 285 g/mol. The molecule has 1 amide bonds. The van der Waals surface area contributed by atoms with Crippen LogP contribution in [0.15, 0.2) is 18.2 Å². The minimum atomic E-state index is -0.229. The molecule has 0 aliphatic heterocycles. The Labute approximate surface area is 126 Å². The van der Waals surface area contributed by atoms with Crippen molar-refractivity contribution in [3.05, 3.63) is 29.3 Å². The molecule has 1 saturated carbocycles. The number of benzene rings is 1. The van der Waals surface area contributed by atoms with Crippen molar-refractivity contribution in [2.45, 2.75) is 46.0 Å². The lowest BCUT2D eigenvalue weighted by Gasteiger charge is -2.22. The Morgan fingerprint density at radius 3 is 2.76 bits per heavy atom. The summed E-state index contributed by atoms with van der Waals surface area (Å²) in [6.45, 7) is 4.11. The highest BCUT2D eigenvalue weighted by Crippen LogP contribution is 2.38. The molecule has 0 aromatic heterocycles. The minimum Gasteiger partial charge on any atom is -0.395 e. The quantitative estimate of drug-likeness (QED) is 0.838. The van der Waals surface area contributed by atoms with Crippen LogP contribution in [0.2, 0.25) is 0 Å². The largest absolute Gasteiger partial charge is 0.395 e. The number of aryl methyl sites for hydroxylation is 1. The van der Waals surface area contributed by atoms with Crippen molar-refractivity contribution in [3.8, 4) is 11.8 Å². The first-order valence-corrected chi connectivity index (χ1v) is 7.57. The maximum absolute atomic E-state index is 12.4. The molecule has 0 atom stereocenters. The molecule has 3 nitrogen and oxygen atoms in total. The van der Waals surface area contributed by atoms with Crippen molar-refractivity contribution in [1.29, 1.82) is 0 Å². The van der Waals surface area contributed by atoms with Crippen LogP contribution < -0.4 is 5.32 Å². The van der Waals surface area contributed by atoms with E-state index in [0.29, 0.717) is 6.42 Å². The third-order valence-electron chi connectivity index (χ3n) is 4.21. The zero-order chi connectivity index (χ0) is 15.3. The molecule has 1 aliphatic rings. The second kappa shape index (κ2) is 6.78. The van der Waals surface area contributed by atoms with Crippen LogP contribution in [-0.4, -0.2) is 17.6 Å². The van der Waals surface area contributed by atoms with Crippen molar-refractivity contribution in [2.24, 2.45) is 5.41 Å². The van der Waals surface area contributed by atoms with Gasteiger partial charge in [0.2, 0.25) is 5.91 Å². The SMILES string of the molecule is Cc1ccc(NC(=O)C2(C)CCCC2)cc1C#CCCO. The van der Waals surface area contributed by atoms with Gasteiger partial charge in [-0.25, -0.2) is 0 Å². The van der Waals surface area contributed by atoms with Crippen molar-refractivity contribution >= 4 is 11.6 Å². The molecule has 21 heavy (non-hydrogen) atoms. The summed E-state index contributed by atoms with van der Waals surface area (Å²) in [4.78, 5) is 12.4. The summed E-state index contributed by atoms with van der Waals surface area (Å²) in [7, 11) is 0. The molecule has 0 unspecified atom stereocenters. The second-order valence-electron chi connectivity index (χ2n) is 6.03. The minimum absolute atomic E-state index is 0.0703. The highest BCUT2D eigenvalue weighted by Gasteiger charge is 2.36. The molecular weight excluding hydrogens is 262 g/mol. The first kappa shape index (κ1) is 15.6. The van der Waals surface area contributed by atoms with Gasteiger partial charge in [-0.3, -0.25) is 4.79 Å². The number of anilines is 1. The van der Waals surface area contributed by atoms with E-state index >= 15 is 0 Å².